The van der Waals surface area contributed by atoms with Gasteiger partial charge in [-0.25, -0.2) is 0 Å². The number of rotatable bonds is 2. The lowest BCUT2D eigenvalue weighted by Crippen LogP contribution is -2.52. The van der Waals surface area contributed by atoms with Gasteiger partial charge in [0.25, 0.3) is 0 Å². The predicted octanol–water partition coefficient (Wildman–Crippen LogP) is 2.58. The number of carbonyl (C=O) groups excluding carboxylic acids is 1. The average Bonchev–Trinajstić information content (AvgIpc) is 2.47. The molecule has 2 heterocycles. The number of halogens is 1. The molecule has 0 aliphatic carbocycles. The number of nitrogens with two attached hydrogens (primary N) is 1. The van der Waals surface area contributed by atoms with Crippen molar-refractivity contribution < 1.29 is 4.79 Å². The van der Waals surface area contributed by atoms with Crippen molar-refractivity contribution in [2.75, 3.05) is 25.0 Å². The predicted molar refractivity (Wildman–Crippen MR) is 97.1 cm³/mol. The van der Waals surface area contributed by atoms with Crippen LogP contribution in [-0.4, -0.2) is 37.0 Å². The Hall–Kier alpha value is -1.10. The van der Waals surface area contributed by atoms with Crippen LogP contribution in [0, 0.1) is 5.41 Å². The number of carbonyl (C=O) groups is 1. The highest BCUT2D eigenvalue weighted by Gasteiger charge is 2.33. The molecule has 1 saturated heterocycles. The second kappa shape index (κ2) is 6.80. The van der Waals surface area contributed by atoms with Gasteiger partial charge in [0.05, 0.1) is 0 Å². The van der Waals surface area contributed by atoms with E-state index in [0.29, 0.717) is 12.5 Å². The van der Waals surface area contributed by atoms with Crippen LogP contribution >= 0.6 is 12.4 Å². The Morgan fingerprint density at radius 2 is 2.04 bits per heavy atom. The number of benzene rings is 1. The first-order valence-electron chi connectivity index (χ1n) is 8.23. The Balaban J connectivity index is 0.00000192. The summed E-state index contributed by atoms with van der Waals surface area (Å²) in [6, 6.07) is 6.84. The number of hydrogen-bond donors (Lipinski definition) is 1. The Morgan fingerprint density at radius 1 is 1.30 bits per heavy atom. The van der Waals surface area contributed by atoms with Crippen molar-refractivity contribution in [3.8, 4) is 0 Å². The molecule has 1 unspecified atom stereocenters. The summed E-state index contributed by atoms with van der Waals surface area (Å²) in [4.78, 5) is 16.1. The fourth-order valence-corrected chi connectivity index (χ4v) is 3.69. The van der Waals surface area contributed by atoms with Crippen LogP contribution in [0.1, 0.15) is 37.8 Å². The maximum absolute atomic E-state index is 11.8. The lowest BCUT2D eigenvalue weighted by molar-refractivity contribution is -0.118. The molecule has 1 aromatic rings. The van der Waals surface area contributed by atoms with Crippen molar-refractivity contribution in [2.45, 2.75) is 45.7 Å². The Labute approximate surface area is 145 Å². The molecule has 0 spiro atoms. The molecule has 128 valence electrons. The molecule has 0 saturated carbocycles. The van der Waals surface area contributed by atoms with E-state index < -0.39 is 0 Å². The quantitative estimate of drug-likeness (QED) is 0.902. The Morgan fingerprint density at radius 3 is 2.74 bits per heavy atom. The van der Waals surface area contributed by atoms with Crippen LogP contribution in [0.5, 0.6) is 0 Å². The number of anilines is 1. The van der Waals surface area contributed by atoms with Gasteiger partial charge in [0.1, 0.15) is 0 Å². The maximum atomic E-state index is 11.8. The standard InChI is InChI=1S/C18H27N3O.ClH/c1-18(2)12-21(9-8-16(18)19)11-13-4-6-15-14(10-13)5-7-17(22)20(15)3;/h4,6,10,16H,5,7-9,11-12,19H2,1-3H3;1H. The summed E-state index contributed by atoms with van der Waals surface area (Å²) in [5.74, 6) is 0.215. The zero-order valence-corrected chi connectivity index (χ0v) is 15.2. The van der Waals surface area contributed by atoms with Crippen molar-refractivity contribution in [2.24, 2.45) is 11.1 Å². The van der Waals surface area contributed by atoms with E-state index in [1.54, 1.807) is 4.90 Å². The molecule has 1 aromatic carbocycles. The van der Waals surface area contributed by atoms with Gasteiger partial charge in [-0.05, 0) is 35.4 Å². The van der Waals surface area contributed by atoms with E-state index in [2.05, 4.69) is 36.9 Å². The molecule has 2 N–H and O–H groups in total. The van der Waals surface area contributed by atoms with E-state index in [0.717, 1.165) is 38.2 Å². The summed E-state index contributed by atoms with van der Waals surface area (Å²) in [6.45, 7) is 7.61. The first kappa shape index (κ1) is 18.2. The third-order valence-corrected chi connectivity index (χ3v) is 5.28. The number of aryl methyl sites for hydroxylation is 1. The molecule has 0 bridgehead atoms. The van der Waals surface area contributed by atoms with Crippen LogP contribution in [0.25, 0.3) is 0 Å². The van der Waals surface area contributed by atoms with Crippen LogP contribution in [0.3, 0.4) is 0 Å². The molecule has 0 radical (unpaired) electrons. The van der Waals surface area contributed by atoms with E-state index in [1.807, 2.05) is 7.05 Å². The van der Waals surface area contributed by atoms with E-state index in [-0.39, 0.29) is 23.7 Å². The molecule has 1 fully saturated rings. The van der Waals surface area contributed by atoms with Crippen molar-refractivity contribution >= 4 is 24.0 Å². The zero-order chi connectivity index (χ0) is 15.9. The van der Waals surface area contributed by atoms with Crippen LogP contribution < -0.4 is 10.6 Å². The van der Waals surface area contributed by atoms with Crippen molar-refractivity contribution in [1.82, 2.24) is 4.90 Å². The van der Waals surface area contributed by atoms with Gasteiger partial charge >= 0.3 is 0 Å². The van der Waals surface area contributed by atoms with Crippen LogP contribution in [0.15, 0.2) is 18.2 Å². The molecule has 23 heavy (non-hydrogen) atoms. The number of nitrogens with zero attached hydrogens (tertiary/aromatic N) is 2. The lowest BCUT2D eigenvalue weighted by atomic mass is 9.79. The molecule has 4 nitrogen and oxygen atoms in total. The van der Waals surface area contributed by atoms with Crippen LogP contribution in [0.2, 0.25) is 0 Å². The monoisotopic (exact) mass is 337 g/mol. The largest absolute Gasteiger partial charge is 0.327 e. The third-order valence-electron chi connectivity index (χ3n) is 5.28. The van der Waals surface area contributed by atoms with Gasteiger partial charge < -0.3 is 10.6 Å². The summed E-state index contributed by atoms with van der Waals surface area (Å²) in [7, 11) is 1.87. The molecule has 2 aliphatic heterocycles. The Kier molecular flexibility index (Phi) is 5.39. The number of piperidine rings is 1. The maximum Gasteiger partial charge on any atom is 0.227 e. The third kappa shape index (κ3) is 3.70. The number of amides is 1. The number of fused-ring (bicyclic) bond motifs is 1. The highest BCUT2D eigenvalue weighted by atomic mass is 35.5. The van der Waals surface area contributed by atoms with Crippen molar-refractivity contribution in [3.63, 3.8) is 0 Å². The summed E-state index contributed by atoms with van der Waals surface area (Å²) < 4.78 is 0. The second-order valence-corrected chi connectivity index (χ2v) is 7.51. The summed E-state index contributed by atoms with van der Waals surface area (Å²) >= 11 is 0. The SMILES string of the molecule is CN1C(=O)CCc2cc(CN3CCC(N)C(C)(C)C3)ccc21.Cl. The first-order chi connectivity index (χ1) is 10.4. The Bertz CT molecular complexity index is 588. The zero-order valence-electron chi connectivity index (χ0n) is 14.3. The van der Waals surface area contributed by atoms with Gasteiger partial charge in [0, 0.05) is 44.8 Å². The molecule has 5 heteroatoms. The van der Waals surface area contributed by atoms with Gasteiger partial charge in [-0.15, -0.1) is 12.4 Å². The smallest absolute Gasteiger partial charge is 0.227 e. The normalized spacial score (nSPS) is 24.1. The van der Waals surface area contributed by atoms with Gasteiger partial charge in [-0.3, -0.25) is 9.69 Å². The molecule has 2 aliphatic rings. The minimum atomic E-state index is 0. The summed E-state index contributed by atoms with van der Waals surface area (Å²) in [5, 5.41) is 0. The lowest BCUT2D eigenvalue weighted by Gasteiger charge is -2.42. The number of likely N-dealkylation sites (tertiary alicyclic amines) is 1. The van der Waals surface area contributed by atoms with Gasteiger partial charge in [-0.2, -0.15) is 0 Å². The van der Waals surface area contributed by atoms with E-state index in [4.69, 9.17) is 5.73 Å². The first-order valence-corrected chi connectivity index (χ1v) is 8.23. The van der Waals surface area contributed by atoms with Gasteiger partial charge in [0.15, 0.2) is 0 Å². The molecular weight excluding hydrogens is 310 g/mol. The fraction of sp³-hybridized carbons (Fsp3) is 0.611. The molecule has 3 rings (SSSR count). The average molecular weight is 338 g/mol. The summed E-state index contributed by atoms with van der Waals surface area (Å²) in [5.41, 5.74) is 10.1. The van der Waals surface area contributed by atoms with Crippen LogP contribution in [-0.2, 0) is 17.8 Å². The second-order valence-electron chi connectivity index (χ2n) is 7.51. The van der Waals surface area contributed by atoms with E-state index >= 15 is 0 Å². The number of hydrogen-bond acceptors (Lipinski definition) is 3. The van der Waals surface area contributed by atoms with Gasteiger partial charge in [-0.1, -0.05) is 26.0 Å². The molecule has 1 atom stereocenters. The molecule has 0 aromatic heterocycles. The summed E-state index contributed by atoms with van der Waals surface area (Å²) in [6.07, 6.45) is 2.55. The van der Waals surface area contributed by atoms with E-state index in [9.17, 15) is 4.79 Å². The highest BCUT2D eigenvalue weighted by Crippen LogP contribution is 2.31. The fourth-order valence-electron chi connectivity index (χ4n) is 3.69. The molecule has 1 amide bonds. The van der Waals surface area contributed by atoms with Gasteiger partial charge in [0.2, 0.25) is 5.91 Å². The van der Waals surface area contributed by atoms with Crippen molar-refractivity contribution in [1.29, 1.82) is 0 Å². The highest BCUT2D eigenvalue weighted by molar-refractivity contribution is 5.95. The van der Waals surface area contributed by atoms with Crippen LogP contribution in [0.4, 0.5) is 5.69 Å². The van der Waals surface area contributed by atoms with E-state index in [1.165, 1.54) is 11.1 Å². The minimum Gasteiger partial charge on any atom is -0.327 e. The minimum absolute atomic E-state index is 0. The van der Waals surface area contributed by atoms with Crippen molar-refractivity contribution in [3.05, 3.63) is 29.3 Å². The topological polar surface area (TPSA) is 49.6 Å². The molecular formula is C18H28ClN3O.